The zero-order valence-corrected chi connectivity index (χ0v) is 16.4. The summed E-state index contributed by atoms with van der Waals surface area (Å²) in [6.07, 6.45) is -0.788. The molecular formula is C20H32N2O3. The van der Waals surface area contributed by atoms with Crippen molar-refractivity contribution in [2.45, 2.75) is 66.0 Å². The molecule has 0 spiro atoms. The Hall–Kier alpha value is -1.88. The molecule has 0 saturated heterocycles. The normalized spacial score (nSPS) is 14.6. The highest BCUT2D eigenvalue weighted by atomic mass is 16.3. The first kappa shape index (κ1) is 21.2. The van der Waals surface area contributed by atoms with E-state index in [1.165, 1.54) is 5.56 Å². The molecule has 0 aliphatic rings. The maximum atomic E-state index is 12.1. The Labute approximate surface area is 151 Å². The summed E-state index contributed by atoms with van der Waals surface area (Å²) < 4.78 is 0. The molecule has 25 heavy (non-hydrogen) atoms. The lowest BCUT2D eigenvalue weighted by Gasteiger charge is -2.22. The number of carbonyl (C=O) groups excluding carboxylic acids is 2. The van der Waals surface area contributed by atoms with Crippen LogP contribution in [0.5, 0.6) is 0 Å². The smallest absolute Gasteiger partial charge is 0.242 e. The van der Waals surface area contributed by atoms with Crippen LogP contribution >= 0.6 is 0 Å². The summed E-state index contributed by atoms with van der Waals surface area (Å²) in [5.74, 6) is -0.503. The van der Waals surface area contributed by atoms with Crippen molar-refractivity contribution in [2.75, 3.05) is 6.54 Å². The van der Waals surface area contributed by atoms with E-state index < -0.39 is 17.6 Å². The van der Waals surface area contributed by atoms with Crippen molar-refractivity contribution in [1.29, 1.82) is 0 Å². The Morgan fingerprint density at radius 2 is 1.56 bits per heavy atom. The van der Waals surface area contributed by atoms with Crippen LogP contribution in [0.4, 0.5) is 0 Å². The van der Waals surface area contributed by atoms with Gasteiger partial charge in [0, 0.05) is 12.0 Å². The predicted octanol–water partition coefficient (Wildman–Crippen LogP) is 2.68. The van der Waals surface area contributed by atoms with Gasteiger partial charge in [-0.25, -0.2) is 0 Å². The second kappa shape index (κ2) is 8.00. The Kier molecular flexibility index (Phi) is 6.77. The second-order valence-corrected chi connectivity index (χ2v) is 8.58. The quantitative estimate of drug-likeness (QED) is 0.765. The number of aliphatic hydroxyl groups is 1. The lowest BCUT2D eigenvalue weighted by molar-refractivity contribution is -0.133. The first-order chi connectivity index (χ1) is 11.3. The summed E-state index contributed by atoms with van der Waals surface area (Å²) in [5.41, 5.74) is 1.44. The third-order valence-electron chi connectivity index (χ3n) is 4.05. The van der Waals surface area contributed by atoms with E-state index in [-0.39, 0.29) is 23.8 Å². The predicted molar refractivity (Wildman–Crippen MR) is 100 cm³/mol. The Bertz CT molecular complexity index is 595. The van der Waals surface area contributed by atoms with E-state index in [0.29, 0.717) is 0 Å². The summed E-state index contributed by atoms with van der Waals surface area (Å²) in [6, 6.07) is 7.09. The molecule has 0 aliphatic heterocycles. The van der Waals surface area contributed by atoms with Crippen LogP contribution in [0.1, 0.15) is 65.7 Å². The van der Waals surface area contributed by atoms with Gasteiger partial charge in [-0.15, -0.1) is 0 Å². The average molecular weight is 348 g/mol. The summed E-state index contributed by atoms with van der Waals surface area (Å²) in [6.45, 7) is 13.5. The molecule has 5 heteroatoms. The number of nitrogens with one attached hydrogen (secondary N) is 2. The molecule has 2 atom stereocenters. The standard InChI is InChI=1S/C20H32N2O3/c1-13(22-18(25)20(5,6)7)17(24)21-12-16(23)14-8-10-15(11-9-14)19(2,3)4/h8-11,13,16,23H,12H2,1-7H3,(H,21,24)(H,22,25)/t13-,16-/m1/s1. The number of hydrogen-bond acceptors (Lipinski definition) is 3. The monoisotopic (exact) mass is 348 g/mol. The van der Waals surface area contributed by atoms with Gasteiger partial charge >= 0.3 is 0 Å². The summed E-state index contributed by atoms with van der Waals surface area (Å²) in [5, 5.41) is 15.6. The molecule has 3 N–H and O–H groups in total. The fourth-order valence-corrected chi connectivity index (χ4v) is 2.15. The van der Waals surface area contributed by atoms with Crippen molar-refractivity contribution in [2.24, 2.45) is 5.41 Å². The highest BCUT2D eigenvalue weighted by Gasteiger charge is 2.25. The Balaban J connectivity index is 2.56. The SMILES string of the molecule is C[C@@H](NC(=O)C(C)(C)C)C(=O)NC[C@@H](O)c1ccc(C(C)(C)C)cc1. The van der Waals surface area contributed by atoms with Gasteiger partial charge in [0.2, 0.25) is 11.8 Å². The van der Waals surface area contributed by atoms with Gasteiger partial charge in [0.15, 0.2) is 0 Å². The third-order valence-corrected chi connectivity index (χ3v) is 4.05. The number of benzene rings is 1. The van der Waals surface area contributed by atoms with Crippen LogP contribution < -0.4 is 10.6 Å². The van der Waals surface area contributed by atoms with E-state index in [1.807, 2.05) is 24.3 Å². The van der Waals surface area contributed by atoms with Crippen molar-refractivity contribution >= 4 is 11.8 Å². The maximum Gasteiger partial charge on any atom is 0.242 e. The van der Waals surface area contributed by atoms with Crippen molar-refractivity contribution in [3.8, 4) is 0 Å². The molecule has 140 valence electrons. The van der Waals surface area contributed by atoms with Gasteiger partial charge in [-0.3, -0.25) is 9.59 Å². The second-order valence-electron chi connectivity index (χ2n) is 8.58. The van der Waals surface area contributed by atoms with Gasteiger partial charge in [-0.05, 0) is 23.5 Å². The fraction of sp³-hybridized carbons (Fsp3) is 0.600. The molecule has 0 bridgehead atoms. The van der Waals surface area contributed by atoms with E-state index in [9.17, 15) is 14.7 Å². The van der Waals surface area contributed by atoms with Gasteiger partial charge in [0.25, 0.3) is 0 Å². The number of amides is 2. The number of carbonyl (C=O) groups is 2. The highest BCUT2D eigenvalue weighted by molar-refractivity contribution is 5.89. The molecule has 2 amide bonds. The minimum atomic E-state index is -0.788. The Morgan fingerprint density at radius 3 is 2.00 bits per heavy atom. The molecule has 0 saturated carbocycles. The number of rotatable bonds is 5. The van der Waals surface area contributed by atoms with Crippen LogP contribution in [0.3, 0.4) is 0 Å². The van der Waals surface area contributed by atoms with E-state index in [4.69, 9.17) is 0 Å². The van der Waals surface area contributed by atoms with Crippen LogP contribution in [0, 0.1) is 5.41 Å². The molecule has 0 fully saturated rings. The molecule has 1 aromatic rings. The largest absolute Gasteiger partial charge is 0.387 e. The highest BCUT2D eigenvalue weighted by Crippen LogP contribution is 2.23. The molecule has 0 aromatic heterocycles. The Morgan fingerprint density at radius 1 is 1.04 bits per heavy atom. The minimum absolute atomic E-state index is 0.0540. The van der Waals surface area contributed by atoms with E-state index in [0.717, 1.165) is 5.56 Å². The van der Waals surface area contributed by atoms with Crippen LogP contribution in [0.2, 0.25) is 0 Å². The number of aliphatic hydroxyl groups excluding tert-OH is 1. The molecule has 1 rings (SSSR count). The molecule has 0 heterocycles. The summed E-state index contributed by atoms with van der Waals surface area (Å²) in [7, 11) is 0. The zero-order chi connectivity index (χ0) is 19.4. The van der Waals surface area contributed by atoms with Crippen molar-refractivity contribution in [3.63, 3.8) is 0 Å². The van der Waals surface area contributed by atoms with Gasteiger partial charge in [0.05, 0.1) is 6.10 Å². The van der Waals surface area contributed by atoms with Gasteiger partial charge in [-0.2, -0.15) is 0 Å². The van der Waals surface area contributed by atoms with Gasteiger partial charge in [-0.1, -0.05) is 65.8 Å². The van der Waals surface area contributed by atoms with Crippen molar-refractivity contribution in [1.82, 2.24) is 10.6 Å². The van der Waals surface area contributed by atoms with Crippen molar-refractivity contribution in [3.05, 3.63) is 35.4 Å². The topological polar surface area (TPSA) is 78.4 Å². The van der Waals surface area contributed by atoms with Gasteiger partial charge in [0.1, 0.15) is 6.04 Å². The zero-order valence-electron chi connectivity index (χ0n) is 16.4. The molecular weight excluding hydrogens is 316 g/mol. The van der Waals surface area contributed by atoms with E-state index >= 15 is 0 Å². The molecule has 1 aromatic carbocycles. The lowest BCUT2D eigenvalue weighted by atomic mass is 9.86. The van der Waals surface area contributed by atoms with Crippen LogP contribution in [0.15, 0.2) is 24.3 Å². The molecule has 0 unspecified atom stereocenters. The molecule has 0 aliphatic carbocycles. The van der Waals surface area contributed by atoms with Crippen LogP contribution in [-0.4, -0.2) is 29.5 Å². The van der Waals surface area contributed by atoms with Crippen molar-refractivity contribution < 1.29 is 14.7 Å². The molecule has 0 radical (unpaired) electrons. The first-order valence-corrected chi connectivity index (χ1v) is 8.69. The van der Waals surface area contributed by atoms with Crippen LogP contribution in [0.25, 0.3) is 0 Å². The molecule has 5 nitrogen and oxygen atoms in total. The van der Waals surface area contributed by atoms with Gasteiger partial charge < -0.3 is 15.7 Å². The van der Waals surface area contributed by atoms with Crippen LogP contribution in [-0.2, 0) is 15.0 Å². The average Bonchev–Trinajstić information content (AvgIpc) is 2.50. The summed E-state index contributed by atoms with van der Waals surface area (Å²) >= 11 is 0. The van der Waals surface area contributed by atoms with E-state index in [1.54, 1.807) is 27.7 Å². The van der Waals surface area contributed by atoms with E-state index in [2.05, 4.69) is 31.4 Å². The fourth-order valence-electron chi connectivity index (χ4n) is 2.15. The number of hydrogen-bond donors (Lipinski definition) is 3. The maximum absolute atomic E-state index is 12.1. The lowest BCUT2D eigenvalue weighted by Crippen LogP contribution is -2.48. The summed E-state index contributed by atoms with van der Waals surface area (Å²) in [4.78, 5) is 24.0. The first-order valence-electron chi connectivity index (χ1n) is 8.69. The minimum Gasteiger partial charge on any atom is -0.387 e. The third kappa shape index (κ3) is 6.50.